The van der Waals surface area contributed by atoms with Crippen LogP contribution in [0.15, 0.2) is 53.4 Å². The van der Waals surface area contributed by atoms with E-state index < -0.39 is 21.7 Å². The second kappa shape index (κ2) is 7.37. The first-order valence-electron chi connectivity index (χ1n) is 7.90. The maximum atomic E-state index is 13.7. The molecule has 0 radical (unpaired) electrons. The second-order valence-corrected chi connectivity index (χ2v) is 7.60. The van der Waals surface area contributed by atoms with E-state index in [1.807, 2.05) is 0 Å². The molecule has 0 aliphatic rings. The van der Waals surface area contributed by atoms with Crippen LogP contribution in [0.3, 0.4) is 0 Å². The maximum absolute atomic E-state index is 13.7. The van der Waals surface area contributed by atoms with Gasteiger partial charge in [-0.25, -0.2) is 21.9 Å². The Bertz CT molecular complexity index is 1090. The number of nitrogens with one attached hydrogen (secondary N) is 2. The van der Waals surface area contributed by atoms with E-state index in [0.29, 0.717) is 16.8 Å². The monoisotopic (exact) mass is 390 g/mol. The molecule has 0 saturated carbocycles. The Balaban J connectivity index is 1.88. The summed E-state index contributed by atoms with van der Waals surface area (Å²) in [5.41, 5.74) is 1.69. The van der Waals surface area contributed by atoms with Crippen LogP contribution in [-0.2, 0) is 10.0 Å². The molecule has 140 valence electrons. The van der Waals surface area contributed by atoms with Gasteiger partial charge in [0.1, 0.15) is 11.6 Å². The minimum absolute atomic E-state index is 0.0659. The Labute approximate surface area is 155 Å². The molecule has 27 heavy (non-hydrogen) atoms. The van der Waals surface area contributed by atoms with Crippen LogP contribution in [0.25, 0.3) is 11.3 Å². The van der Waals surface area contributed by atoms with E-state index in [1.165, 1.54) is 19.2 Å². The van der Waals surface area contributed by atoms with Gasteiger partial charge >= 0.3 is 0 Å². The number of hydrogen-bond donors (Lipinski definition) is 2. The summed E-state index contributed by atoms with van der Waals surface area (Å²) >= 11 is 0. The van der Waals surface area contributed by atoms with Crippen molar-refractivity contribution in [2.24, 2.45) is 0 Å². The molecule has 0 atom stereocenters. The molecule has 9 heteroatoms. The van der Waals surface area contributed by atoms with Crippen molar-refractivity contribution >= 4 is 21.5 Å². The molecule has 0 fully saturated rings. The lowest BCUT2D eigenvalue weighted by Crippen LogP contribution is -2.19. The number of nitrogens with zero attached hydrogens (tertiary/aromatic N) is 2. The molecule has 0 aliphatic carbocycles. The van der Waals surface area contributed by atoms with Gasteiger partial charge in [-0.15, -0.1) is 10.2 Å². The van der Waals surface area contributed by atoms with Crippen molar-refractivity contribution < 1.29 is 17.2 Å². The average molecular weight is 390 g/mol. The molecule has 0 amide bonds. The Kier molecular flexibility index (Phi) is 5.15. The zero-order valence-electron chi connectivity index (χ0n) is 14.5. The lowest BCUT2D eigenvalue weighted by Gasteiger charge is -2.10. The van der Waals surface area contributed by atoms with Gasteiger partial charge in [-0.1, -0.05) is 12.1 Å². The van der Waals surface area contributed by atoms with E-state index in [9.17, 15) is 17.2 Å². The lowest BCUT2D eigenvalue weighted by atomic mass is 10.1. The van der Waals surface area contributed by atoms with E-state index in [1.54, 1.807) is 31.2 Å². The molecular weight excluding hydrogens is 374 g/mol. The van der Waals surface area contributed by atoms with Crippen LogP contribution in [0.1, 0.15) is 5.56 Å². The standard InChI is InChI=1S/C18H16F2N4O2S/c1-11-3-4-12(9-17(11)27(25,26)21-2)15-7-8-18(24-23-15)22-16-6-5-13(19)10-14(16)20/h3-10,21H,1-2H3,(H,22,24). The van der Waals surface area contributed by atoms with Crippen LogP contribution in [0.4, 0.5) is 20.3 Å². The number of sulfonamides is 1. The van der Waals surface area contributed by atoms with E-state index in [4.69, 9.17) is 0 Å². The van der Waals surface area contributed by atoms with Gasteiger partial charge in [0.15, 0.2) is 5.82 Å². The number of hydrogen-bond acceptors (Lipinski definition) is 5. The molecule has 0 aliphatic heterocycles. The Morgan fingerprint density at radius 3 is 2.37 bits per heavy atom. The van der Waals surface area contributed by atoms with Crippen LogP contribution in [0.2, 0.25) is 0 Å². The van der Waals surface area contributed by atoms with E-state index in [2.05, 4.69) is 20.2 Å². The van der Waals surface area contributed by atoms with Crippen LogP contribution in [0.5, 0.6) is 0 Å². The molecule has 0 unspecified atom stereocenters. The molecule has 1 aromatic heterocycles. The predicted molar refractivity (Wildman–Crippen MR) is 98.1 cm³/mol. The highest BCUT2D eigenvalue weighted by molar-refractivity contribution is 7.89. The summed E-state index contributed by atoms with van der Waals surface area (Å²) in [6.45, 7) is 1.70. The van der Waals surface area contributed by atoms with Gasteiger partial charge in [-0.2, -0.15) is 0 Å². The van der Waals surface area contributed by atoms with Gasteiger partial charge in [0, 0.05) is 11.6 Å². The first-order chi connectivity index (χ1) is 12.8. The van der Waals surface area contributed by atoms with Crippen molar-refractivity contribution in [3.63, 3.8) is 0 Å². The quantitative estimate of drug-likeness (QED) is 0.698. The van der Waals surface area contributed by atoms with E-state index >= 15 is 0 Å². The molecule has 3 aromatic rings. The first-order valence-corrected chi connectivity index (χ1v) is 9.39. The number of rotatable bonds is 5. The van der Waals surface area contributed by atoms with Crippen molar-refractivity contribution in [3.05, 3.63) is 65.7 Å². The fourth-order valence-electron chi connectivity index (χ4n) is 2.44. The zero-order chi connectivity index (χ0) is 19.6. The van der Waals surface area contributed by atoms with Gasteiger partial charge in [-0.3, -0.25) is 0 Å². The van der Waals surface area contributed by atoms with Gasteiger partial charge in [0.25, 0.3) is 0 Å². The van der Waals surface area contributed by atoms with E-state index in [0.717, 1.165) is 12.1 Å². The summed E-state index contributed by atoms with van der Waals surface area (Å²) < 4.78 is 53.1. The normalized spacial score (nSPS) is 11.4. The molecule has 6 nitrogen and oxygen atoms in total. The van der Waals surface area contributed by atoms with E-state index in [-0.39, 0.29) is 16.4 Å². The van der Waals surface area contributed by atoms with Crippen LogP contribution >= 0.6 is 0 Å². The van der Waals surface area contributed by atoms with Crippen molar-refractivity contribution in [1.82, 2.24) is 14.9 Å². The third-order valence-corrected chi connectivity index (χ3v) is 5.46. The third kappa shape index (κ3) is 4.09. The molecule has 0 spiro atoms. The fourth-order valence-corrected chi connectivity index (χ4v) is 3.43. The summed E-state index contributed by atoms with van der Waals surface area (Å²) in [5.74, 6) is -1.16. The van der Waals surface area contributed by atoms with Gasteiger partial charge < -0.3 is 5.32 Å². The molecule has 0 saturated heterocycles. The highest BCUT2D eigenvalue weighted by Gasteiger charge is 2.16. The van der Waals surface area contributed by atoms with Crippen molar-refractivity contribution in [2.75, 3.05) is 12.4 Å². The highest BCUT2D eigenvalue weighted by Crippen LogP contribution is 2.25. The first kappa shape index (κ1) is 18.9. The van der Waals surface area contributed by atoms with Crippen molar-refractivity contribution in [1.29, 1.82) is 0 Å². The zero-order valence-corrected chi connectivity index (χ0v) is 15.3. The van der Waals surface area contributed by atoms with Gasteiger partial charge in [0.05, 0.1) is 16.3 Å². The maximum Gasteiger partial charge on any atom is 0.240 e. The van der Waals surface area contributed by atoms with Crippen molar-refractivity contribution in [2.45, 2.75) is 11.8 Å². The number of benzene rings is 2. The van der Waals surface area contributed by atoms with Crippen LogP contribution in [0, 0.1) is 18.6 Å². The molecule has 2 N–H and O–H groups in total. The summed E-state index contributed by atoms with van der Waals surface area (Å²) in [6.07, 6.45) is 0. The van der Waals surface area contributed by atoms with Crippen LogP contribution in [-0.4, -0.2) is 25.7 Å². The summed E-state index contributed by atoms with van der Waals surface area (Å²) in [6, 6.07) is 11.3. The number of aryl methyl sites for hydroxylation is 1. The molecule has 1 heterocycles. The molecular formula is C18H16F2N4O2S. The van der Waals surface area contributed by atoms with Gasteiger partial charge in [0.2, 0.25) is 10.0 Å². The Morgan fingerprint density at radius 1 is 0.963 bits per heavy atom. The Morgan fingerprint density at radius 2 is 1.74 bits per heavy atom. The second-order valence-electron chi connectivity index (χ2n) is 5.74. The fraction of sp³-hybridized carbons (Fsp3) is 0.111. The largest absolute Gasteiger partial charge is 0.336 e. The minimum atomic E-state index is -3.60. The number of anilines is 2. The minimum Gasteiger partial charge on any atom is -0.336 e. The lowest BCUT2D eigenvalue weighted by molar-refractivity contribution is 0.585. The molecule has 0 bridgehead atoms. The summed E-state index contributed by atoms with van der Waals surface area (Å²) in [7, 11) is -2.26. The number of aromatic nitrogens is 2. The predicted octanol–water partition coefficient (Wildman–Crippen LogP) is 3.38. The topological polar surface area (TPSA) is 84.0 Å². The smallest absolute Gasteiger partial charge is 0.240 e. The SMILES string of the molecule is CNS(=O)(=O)c1cc(-c2ccc(Nc3ccc(F)cc3F)nn2)ccc1C. The average Bonchev–Trinajstić information content (AvgIpc) is 2.65. The highest BCUT2D eigenvalue weighted by atomic mass is 32.2. The number of halogens is 2. The van der Waals surface area contributed by atoms with Gasteiger partial charge in [-0.05, 0) is 49.9 Å². The summed E-state index contributed by atoms with van der Waals surface area (Å²) in [5, 5.41) is 10.7. The Hall–Kier alpha value is -2.91. The molecule has 2 aromatic carbocycles. The molecule has 3 rings (SSSR count). The van der Waals surface area contributed by atoms with Crippen molar-refractivity contribution in [3.8, 4) is 11.3 Å². The summed E-state index contributed by atoms with van der Waals surface area (Å²) in [4.78, 5) is 0.153. The third-order valence-electron chi connectivity index (χ3n) is 3.90. The van der Waals surface area contributed by atoms with Crippen LogP contribution < -0.4 is 10.0 Å².